The lowest BCUT2D eigenvalue weighted by molar-refractivity contribution is 0.0269. The molecule has 1 amide bonds. The smallest absolute Gasteiger partial charge is 0.410 e. The maximum absolute atomic E-state index is 12.0. The van der Waals surface area contributed by atoms with Gasteiger partial charge >= 0.3 is 6.09 Å². The Balaban J connectivity index is 1.84. The Labute approximate surface area is 124 Å². The van der Waals surface area contributed by atoms with Crippen molar-refractivity contribution in [3.05, 3.63) is 22.4 Å². The molecule has 4 nitrogen and oxygen atoms in total. The van der Waals surface area contributed by atoms with Gasteiger partial charge in [-0.1, -0.05) is 6.07 Å². The van der Waals surface area contributed by atoms with E-state index < -0.39 is 5.60 Å². The van der Waals surface area contributed by atoms with Gasteiger partial charge in [-0.25, -0.2) is 4.79 Å². The van der Waals surface area contributed by atoms with Gasteiger partial charge in [0.15, 0.2) is 0 Å². The summed E-state index contributed by atoms with van der Waals surface area (Å²) in [5, 5.41) is 12.3. The Bertz CT molecular complexity index is 438. The lowest BCUT2D eigenvalue weighted by atomic mass is 9.98. The zero-order valence-electron chi connectivity index (χ0n) is 12.3. The Morgan fingerprint density at radius 2 is 2.35 bits per heavy atom. The number of likely N-dealkylation sites (tertiary alicyclic amines) is 1. The predicted octanol–water partition coefficient (Wildman–Crippen LogP) is 2.91. The van der Waals surface area contributed by atoms with Crippen LogP contribution < -0.4 is 0 Å². The summed E-state index contributed by atoms with van der Waals surface area (Å²) in [4.78, 5) is 14.9. The molecule has 1 N–H and O–H groups in total. The molecule has 2 rings (SSSR count). The van der Waals surface area contributed by atoms with E-state index in [2.05, 4.69) is 0 Å². The molecule has 0 aliphatic carbocycles. The van der Waals surface area contributed by atoms with Crippen molar-refractivity contribution in [2.45, 2.75) is 45.3 Å². The second kappa shape index (κ2) is 6.14. The Kier molecular flexibility index (Phi) is 4.70. The van der Waals surface area contributed by atoms with E-state index >= 15 is 0 Å². The summed E-state index contributed by atoms with van der Waals surface area (Å²) in [6.45, 7) is 6.85. The molecule has 0 bridgehead atoms. The number of aliphatic hydroxyl groups excluding tert-OH is 1. The molecule has 1 fully saturated rings. The van der Waals surface area contributed by atoms with E-state index in [1.165, 1.54) is 4.88 Å². The van der Waals surface area contributed by atoms with Gasteiger partial charge in [0.2, 0.25) is 0 Å². The van der Waals surface area contributed by atoms with Crippen molar-refractivity contribution in [2.24, 2.45) is 5.92 Å². The quantitative estimate of drug-likeness (QED) is 0.933. The molecule has 2 unspecified atom stereocenters. The fourth-order valence-electron chi connectivity index (χ4n) is 2.40. The van der Waals surface area contributed by atoms with Crippen molar-refractivity contribution >= 4 is 17.4 Å². The Hall–Kier alpha value is -1.07. The van der Waals surface area contributed by atoms with E-state index in [-0.39, 0.29) is 18.1 Å². The highest BCUT2D eigenvalue weighted by atomic mass is 32.1. The van der Waals surface area contributed by atoms with Crippen molar-refractivity contribution in [1.82, 2.24) is 4.90 Å². The van der Waals surface area contributed by atoms with Crippen LogP contribution in [0.5, 0.6) is 0 Å². The van der Waals surface area contributed by atoms with E-state index in [4.69, 9.17) is 4.74 Å². The first-order valence-electron chi connectivity index (χ1n) is 7.03. The van der Waals surface area contributed by atoms with Crippen LogP contribution in [0.3, 0.4) is 0 Å². The molecule has 2 atom stereocenters. The third-order valence-electron chi connectivity index (χ3n) is 3.41. The number of rotatable bonds is 3. The van der Waals surface area contributed by atoms with Crippen LogP contribution in [-0.4, -0.2) is 40.9 Å². The van der Waals surface area contributed by atoms with Crippen LogP contribution in [-0.2, 0) is 11.2 Å². The first-order chi connectivity index (χ1) is 9.35. The monoisotopic (exact) mass is 297 g/mol. The van der Waals surface area contributed by atoms with E-state index in [1.807, 2.05) is 38.3 Å². The van der Waals surface area contributed by atoms with Gasteiger partial charge in [-0.2, -0.15) is 0 Å². The van der Waals surface area contributed by atoms with Gasteiger partial charge in [0, 0.05) is 30.3 Å². The normalized spacial score (nSPS) is 21.0. The van der Waals surface area contributed by atoms with Crippen LogP contribution in [0.2, 0.25) is 0 Å². The van der Waals surface area contributed by atoms with Gasteiger partial charge in [0.05, 0.1) is 6.10 Å². The highest BCUT2D eigenvalue weighted by Crippen LogP contribution is 2.25. The molecule has 1 aliphatic rings. The summed E-state index contributed by atoms with van der Waals surface area (Å²) < 4.78 is 5.36. The average Bonchev–Trinajstić information content (AvgIpc) is 2.96. The third-order valence-corrected chi connectivity index (χ3v) is 4.31. The highest BCUT2D eigenvalue weighted by molar-refractivity contribution is 7.09. The summed E-state index contributed by atoms with van der Waals surface area (Å²) in [6.07, 6.45) is 0.848. The molecule has 1 aromatic heterocycles. The number of aliphatic hydroxyl groups is 1. The number of hydrogen-bond donors (Lipinski definition) is 1. The molecule has 0 radical (unpaired) electrons. The van der Waals surface area contributed by atoms with E-state index in [1.54, 1.807) is 16.2 Å². The largest absolute Gasteiger partial charge is 0.444 e. The number of carbonyl (C=O) groups is 1. The second-order valence-corrected chi connectivity index (χ2v) is 7.36. The number of carbonyl (C=O) groups excluding carboxylic acids is 1. The topological polar surface area (TPSA) is 49.8 Å². The average molecular weight is 297 g/mol. The van der Waals surface area contributed by atoms with Gasteiger partial charge in [0.25, 0.3) is 0 Å². The number of nitrogens with zero attached hydrogens (tertiary/aromatic N) is 1. The second-order valence-electron chi connectivity index (χ2n) is 6.33. The van der Waals surface area contributed by atoms with Crippen molar-refractivity contribution in [1.29, 1.82) is 0 Å². The molecule has 0 spiro atoms. The summed E-state index contributed by atoms with van der Waals surface area (Å²) >= 11 is 1.66. The molecule has 20 heavy (non-hydrogen) atoms. The molecule has 5 heteroatoms. The van der Waals surface area contributed by atoms with Gasteiger partial charge in [-0.3, -0.25) is 0 Å². The van der Waals surface area contributed by atoms with Crippen molar-refractivity contribution < 1.29 is 14.6 Å². The molecule has 1 aromatic rings. The third kappa shape index (κ3) is 4.21. The Morgan fingerprint density at radius 3 is 2.95 bits per heavy atom. The SMILES string of the molecule is CC(C)(C)OC(=O)N1CCC(C(O)Cc2cccs2)C1. The van der Waals surface area contributed by atoms with Gasteiger partial charge < -0.3 is 14.7 Å². The van der Waals surface area contributed by atoms with E-state index in [0.29, 0.717) is 19.5 Å². The standard InChI is InChI=1S/C15H23NO3S/c1-15(2,3)19-14(18)16-7-6-11(10-16)13(17)9-12-5-4-8-20-12/h4-5,8,11,13,17H,6-7,9-10H2,1-3H3. The number of ether oxygens (including phenoxy) is 1. The van der Waals surface area contributed by atoms with Crippen molar-refractivity contribution in [3.63, 3.8) is 0 Å². The maximum Gasteiger partial charge on any atom is 0.410 e. The van der Waals surface area contributed by atoms with Crippen LogP contribution in [0.15, 0.2) is 17.5 Å². The van der Waals surface area contributed by atoms with Gasteiger partial charge in [0.1, 0.15) is 5.60 Å². The first-order valence-corrected chi connectivity index (χ1v) is 7.91. The minimum atomic E-state index is -0.468. The molecule has 0 saturated carbocycles. The molecule has 0 aromatic carbocycles. The van der Waals surface area contributed by atoms with Gasteiger partial charge in [-0.05, 0) is 38.6 Å². The molecular weight excluding hydrogens is 274 g/mol. The summed E-state index contributed by atoms with van der Waals surface area (Å²) in [7, 11) is 0. The van der Waals surface area contributed by atoms with Crippen LogP contribution in [0.1, 0.15) is 32.1 Å². The molecule has 112 valence electrons. The number of thiophene rings is 1. The van der Waals surface area contributed by atoms with Crippen LogP contribution >= 0.6 is 11.3 Å². The van der Waals surface area contributed by atoms with Crippen molar-refractivity contribution in [2.75, 3.05) is 13.1 Å². The highest BCUT2D eigenvalue weighted by Gasteiger charge is 2.33. The maximum atomic E-state index is 12.0. The van der Waals surface area contributed by atoms with Crippen LogP contribution in [0.25, 0.3) is 0 Å². The number of amides is 1. The lowest BCUT2D eigenvalue weighted by Crippen LogP contribution is -2.36. The van der Waals surface area contributed by atoms with Crippen molar-refractivity contribution in [3.8, 4) is 0 Å². The van der Waals surface area contributed by atoms with Gasteiger partial charge in [-0.15, -0.1) is 11.3 Å². The zero-order valence-corrected chi connectivity index (χ0v) is 13.2. The molecule has 1 saturated heterocycles. The predicted molar refractivity (Wildman–Crippen MR) is 79.9 cm³/mol. The summed E-state index contributed by atoms with van der Waals surface area (Å²) in [5.41, 5.74) is -0.468. The number of hydrogen-bond acceptors (Lipinski definition) is 4. The zero-order chi connectivity index (χ0) is 14.8. The first kappa shape index (κ1) is 15.3. The molecule has 1 aliphatic heterocycles. The fraction of sp³-hybridized carbons (Fsp3) is 0.667. The summed E-state index contributed by atoms with van der Waals surface area (Å²) in [6, 6.07) is 4.03. The van der Waals surface area contributed by atoms with E-state index in [9.17, 15) is 9.90 Å². The van der Waals surface area contributed by atoms with Crippen LogP contribution in [0.4, 0.5) is 4.79 Å². The molecule has 2 heterocycles. The lowest BCUT2D eigenvalue weighted by Gasteiger charge is -2.25. The minimum absolute atomic E-state index is 0.143. The molecular formula is C15H23NO3S. The van der Waals surface area contributed by atoms with Crippen LogP contribution in [0, 0.1) is 5.92 Å². The minimum Gasteiger partial charge on any atom is -0.444 e. The summed E-state index contributed by atoms with van der Waals surface area (Å²) in [5.74, 6) is 0.143. The fourth-order valence-corrected chi connectivity index (χ4v) is 3.15. The van der Waals surface area contributed by atoms with E-state index in [0.717, 1.165) is 6.42 Å². The Morgan fingerprint density at radius 1 is 1.60 bits per heavy atom.